The molecule has 1 heterocycles. The Kier molecular flexibility index (Phi) is 5.42. The average Bonchev–Trinajstić information content (AvgIpc) is 2.77. The van der Waals surface area contributed by atoms with Crippen LogP contribution in [0.15, 0.2) is 66.7 Å². The first-order chi connectivity index (χ1) is 14.1. The first-order valence-corrected chi connectivity index (χ1v) is 9.54. The van der Waals surface area contributed by atoms with Crippen LogP contribution in [0.4, 0.5) is 4.39 Å². The fourth-order valence-electron chi connectivity index (χ4n) is 3.43. The van der Waals surface area contributed by atoms with Crippen LogP contribution >= 0.6 is 0 Å². The third kappa shape index (κ3) is 4.37. The molecule has 0 spiro atoms. The summed E-state index contributed by atoms with van der Waals surface area (Å²) < 4.78 is 18.7. The van der Waals surface area contributed by atoms with E-state index in [1.807, 2.05) is 42.5 Å². The molecule has 1 fully saturated rings. The Morgan fingerprint density at radius 1 is 0.828 bits per heavy atom. The third-order valence-corrected chi connectivity index (χ3v) is 5.09. The zero-order valence-electron chi connectivity index (χ0n) is 15.9. The zero-order chi connectivity index (χ0) is 20.2. The number of nitrogens with zero attached hydrogens (tertiary/aromatic N) is 2. The van der Waals surface area contributed by atoms with Gasteiger partial charge >= 0.3 is 0 Å². The molecule has 0 atom stereocenters. The third-order valence-electron chi connectivity index (χ3n) is 5.09. The zero-order valence-corrected chi connectivity index (χ0v) is 15.9. The largest absolute Gasteiger partial charge is 0.484 e. The Morgan fingerprint density at radius 3 is 2.21 bits per heavy atom. The van der Waals surface area contributed by atoms with Gasteiger partial charge < -0.3 is 14.5 Å². The van der Waals surface area contributed by atoms with Crippen molar-refractivity contribution in [1.82, 2.24) is 9.80 Å². The molecule has 1 saturated heterocycles. The highest BCUT2D eigenvalue weighted by atomic mass is 19.1. The highest BCUT2D eigenvalue weighted by molar-refractivity contribution is 5.94. The van der Waals surface area contributed by atoms with E-state index in [0.29, 0.717) is 37.5 Å². The van der Waals surface area contributed by atoms with Crippen molar-refractivity contribution in [2.45, 2.75) is 0 Å². The fourth-order valence-corrected chi connectivity index (χ4v) is 3.43. The molecule has 0 aromatic heterocycles. The van der Waals surface area contributed by atoms with Crippen LogP contribution in [0.2, 0.25) is 0 Å². The van der Waals surface area contributed by atoms with Crippen LogP contribution in [0.3, 0.4) is 0 Å². The lowest BCUT2D eigenvalue weighted by atomic mass is 10.1. The number of carbonyl (C=O) groups is 2. The van der Waals surface area contributed by atoms with Crippen molar-refractivity contribution in [2.24, 2.45) is 0 Å². The molecule has 0 N–H and O–H groups in total. The number of piperazine rings is 1. The maximum absolute atomic E-state index is 13.0. The van der Waals surface area contributed by atoms with Gasteiger partial charge in [0.25, 0.3) is 11.8 Å². The second-order valence-corrected chi connectivity index (χ2v) is 6.98. The van der Waals surface area contributed by atoms with Gasteiger partial charge in [0.1, 0.15) is 11.6 Å². The van der Waals surface area contributed by atoms with E-state index in [4.69, 9.17) is 4.74 Å². The Balaban J connectivity index is 1.29. The van der Waals surface area contributed by atoms with E-state index in [2.05, 4.69) is 0 Å². The molecule has 0 bridgehead atoms. The molecule has 3 aromatic carbocycles. The maximum atomic E-state index is 13.0. The number of amides is 2. The van der Waals surface area contributed by atoms with Crippen molar-refractivity contribution in [3.63, 3.8) is 0 Å². The summed E-state index contributed by atoms with van der Waals surface area (Å²) in [6.07, 6.45) is 0. The summed E-state index contributed by atoms with van der Waals surface area (Å²) in [6, 6.07) is 19.2. The van der Waals surface area contributed by atoms with Crippen LogP contribution in [0, 0.1) is 5.82 Å². The molecule has 5 nitrogen and oxygen atoms in total. The number of fused-ring (bicyclic) bond motifs is 1. The quantitative estimate of drug-likeness (QED) is 0.684. The summed E-state index contributed by atoms with van der Waals surface area (Å²) in [5.74, 6) is 0.0297. The van der Waals surface area contributed by atoms with Crippen molar-refractivity contribution in [3.05, 3.63) is 78.1 Å². The number of halogens is 1. The minimum Gasteiger partial charge on any atom is -0.484 e. The van der Waals surface area contributed by atoms with E-state index >= 15 is 0 Å². The highest BCUT2D eigenvalue weighted by Crippen LogP contribution is 2.20. The predicted octanol–water partition coefficient (Wildman–Crippen LogP) is 3.34. The van der Waals surface area contributed by atoms with Gasteiger partial charge in [0, 0.05) is 31.7 Å². The summed E-state index contributed by atoms with van der Waals surface area (Å²) >= 11 is 0. The molecule has 2 amide bonds. The number of carbonyl (C=O) groups excluding carboxylic acids is 2. The van der Waals surface area contributed by atoms with Gasteiger partial charge in [-0.2, -0.15) is 0 Å². The normalized spacial score (nSPS) is 14.1. The average molecular weight is 392 g/mol. The van der Waals surface area contributed by atoms with E-state index in [9.17, 15) is 14.0 Å². The SMILES string of the molecule is O=C(COc1ccc2ccccc2c1)N1CCN(C(=O)c2ccc(F)cc2)CC1. The fraction of sp³-hybridized carbons (Fsp3) is 0.217. The van der Waals surface area contributed by atoms with Gasteiger partial charge in [-0.25, -0.2) is 4.39 Å². The van der Waals surface area contributed by atoms with Gasteiger partial charge in [0.2, 0.25) is 0 Å². The molecule has 1 aliphatic rings. The van der Waals surface area contributed by atoms with Crippen molar-refractivity contribution < 1.29 is 18.7 Å². The van der Waals surface area contributed by atoms with Gasteiger partial charge in [-0.15, -0.1) is 0 Å². The molecule has 6 heteroatoms. The number of hydrogen-bond donors (Lipinski definition) is 0. The first-order valence-electron chi connectivity index (χ1n) is 9.54. The Morgan fingerprint density at radius 2 is 1.48 bits per heavy atom. The lowest BCUT2D eigenvalue weighted by Gasteiger charge is -2.34. The first kappa shape index (κ1) is 18.9. The van der Waals surface area contributed by atoms with E-state index < -0.39 is 0 Å². The van der Waals surface area contributed by atoms with Crippen molar-refractivity contribution >= 4 is 22.6 Å². The maximum Gasteiger partial charge on any atom is 0.260 e. The summed E-state index contributed by atoms with van der Waals surface area (Å²) in [4.78, 5) is 28.3. The van der Waals surface area contributed by atoms with Crippen LogP contribution in [-0.2, 0) is 4.79 Å². The van der Waals surface area contributed by atoms with Crippen LogP contribution in [0.5, 0.6) is 5.75 Å². The van der Waals surface area contributed by atoms with Gasteiger partial charge in [-0.05, 0) is 47.2 Å². The van der Waals surface area contributed by atoms with E-state index in [1.54, 1.807) is 9.80 Å². The monoisotopic (exact) mass is 392 g/mol. The van der Waals surface area contributed by atoms with Gasteiger partial charge in [0.05, 0.1) is 0 Å². The van der Waals surface area contributed by atoms with Crippen molar-refractivity contribution in [1.29, 1.82) is 0 Å². The van der Waals surface area contributed by atoms with Gasteiger partial charge in [0.15, 0.2) is 6.61 Å². The smallest absolute Gasteiger partial charge is 0.260 e. The predicted molar refractivity (Wildman–Crippen MR) is 108 cm³/mol. The van der Waals surface area contributed by atoms with Crippen molar-refractivity contribution in [3.8, 4) is 5.75 Å². The van der Waals surface area contributed by atoms with E-state index in [1.165, 1.54) is 24.3 Å². The number of ether oxygens (including phenoxy) is 1. The van der Waals surface area contributed by atoms with Crippen LogP contribution in [-0.4, -0.2) is 54.4 Å². The summed E-state index contributed by atoms with van der Waals surface area (Å²) in [5.41, 5.74) is 0.450. The summed E-state index contributed by atoms with van der Waals surface area (Å²) in [5, 5.41) is 2.18. The lowest BCUT2D eigenvalue weighted by molar-refractivity contribution is -0.134. The standard InChI is InChI=1S/C23H21FN2O3/c24-20-8-5-18(6-9-20)23(28)26-13-11-25(12-14-26)22(27)16-29-21-10-7-17-3-1-2-4-19(17)15-21/h1-10,15H,11-14,16H2. The molecule has 0 saturated carbocycles. The Bertz CT molecular complexity index is 1030. The molecular formula is C23H21FN2O3. The molecule has 1 aliphatic heterocycles. The molecule has 3 aromatic rings. The molecule has 29 heavy (non-hydrogen) atoms. The molecule has 0 aliphatic carbocycles. The van der Waals surface area contributed by atoms with Crippen LogP contribution < -0.4 is 4.74 Å². The van der Waals surface area contributed by atoms with Gasteiger partial charge in [-0.1, -0.05) is 30.3 Å². The number of benzene rings is 3. The van der Waals surface area contributed by atoms with E-state index in [-0.39, 0.29) is 24.2 Å². The Hall–Kier alpha value is -3.41. The molecule has 0 radical (unpaired) electrons. The summed E-state index contributed by atoms with van der Waals surface area (Å²) in [7, 11) is 0. The minimum atomic E-state index is -0.372. The number of hydrogen-bond acceptors (Lipinski definition) is 3. The van der Waals surface area contributed by atoms with E-state index in [0.717, 1.165) is 10.8 Å². The Labute approximate surface area is 168 Å². The molecule has 148 valence electrons. The second kappa shape index (κ2) is 8.31. The highest BCUT2D eigenvalue weighted by Gasteiger charge is 2.25. The second-order valence-electron chi connectivity index (χ2n) is 6.98. The minimum absolute atomic E-state index is 0.0375. The summed E-state index contributed by atoms with van der Waals surface area (Å²) in [6.45, 7) is 1.75. The van der Waals surface area contributed by atoms with Crippen LogP contribution in [0.25, 0.3) is 10.8 Å². The van der Waals surface area contributed by atoms with Gasteiger partial charge in [-0.3, -0.25) is 9.59 Å². The number of rotatable bonds is 4. The molecule has 0 unspecified atom stereocenters. The van der Waals surface area contributed by atoms with Crippen molar-refractivity contribution in [2.75, 3.05) is 32.8 Å². The lowest BCUT2D eigenvalue weighted by Crippen LogP contribution is -2.51. The topological polar surface area (TPSA) is 49.9 Å². The molecular weight excluding hydrogens is 371 g/mol. The van der Waals surface area contributed by atoms with Crippen LogP contribution in [0.1, 0.15) is 10.4 Å². The molecule has 4 rings (SSSR count).